The molecule has 1 aromatic rings. The summed E-state index contributed by atoms with van der Waals surface area (Å²) in [7, 11) is 0. The standard InChI is InChI=1S/C12H13BrFNO2/c1-3-11(16)7(2)15-12(17)8-4-9(13)6-10(14)5-8/h4-7H,3H2,1-2H3,(H,15,17). The van der Waals surface area contributed by atoms with Gasteiger partial charge in [0.1, 0.15) is 5.82 Å². The van der Waals surface area contributed by atoms with Crippen LogP contribution in [0.1, 0.15) is 30.6 Å². The Morgan fingerprint density at radius 2 is 2.06 bits per heavy atom. The van der Waals surface area contributed by atoms with Crippen LogP contribution in [0.5, 0.6) is 0 Å². The minimum Gasteiger partial charge on any atom is -0.343 e. The van der Waals surface area contributed by atoms with E-state index >= 15 is 0 Å². The maximum Gasteiger partial charge on any atom is 0.251 e. The molecule has 17 heavy (non-hydrogen) atoms. The van der Waals surface area contributed by atoms with Crippen molar-refractivity contribution < 1.29 is 14.0 Å². The number of ketones is 1. The number of hydrogen-bond acceptors (Lipinski definition) is 2. The first kappa shape index (κ1) is 13.8. The quantitative estimate of drug-likeness (QED) is 0.929. The van der Waals surface area contributed by atoms with Gasteiger partial charge in [0, 0.05) is 16.5 Å². The van der Waals surface area contributed by atoms with Gasteiger partial charge in [-0.15, -0.1) is 0 Å². The van der Waals surface area contributed by atoms with Crippen molar-refractivity contribution in [3.8, 4) is 0 Å². The van der Waals surface area contributed by atoms with Crippen molar-refractivity contribution in [1.29, 1.82) is 0 Å². The zero-order chi connectivity index (χ0) is 13.0. The van der Waals surface area contributed by atoms with E-state index in [1.165, 1.54) is 12.1 Å². The second-order valence-corrected chi connectivity index (χ2v) is 4.59. The third-order valence-corrected chi connectivity index (χ3v) is 2.76. The molecule has 0 saturated carbocycles. The van der Waals surface area contributed by atoms with Crippen LogP contribution in [0, 0.1) is 5.82 Å². The largest absolute Gasteiger partial charge is 0.343 e. The molecule has 1 N–H and O–H groups in total. The first-order valence-corrected chi connectivity index (χ1v) is 6.03. The van der Waals surface area contributed by atoms with Crippen LogP contribution in [0.15, 0.2) is 22.7 Å². The average molecular weight is 302 g/mol. The topological polar surface area (TPSA) is 46.2 Å². The van der Waals surface area contributed by atoms with E-state index in [9.17, 15) is 14.0 Å². The zero-order valence-electron chi connectivity index (χ0n) is 9.59. The van der Waals surface area contributed by atoms with E-state index in [2.05, 4.69) is 21.2 Å². The smallest absolute Gasteiger partial charge is 0.251 e. The number of rotatable bonds is 4. The fourth-order valence-electron chi connectivity index (χ4n) is 1.35. The second-order valence-electron chi connectivity index (χ2n) is 3.67. The van der Waals surface area contributed by atoms with Gasteiger partial charge < -0.3 is 5.32 Å². The molecular formula is C12H13BrFNO2. The summed E-state index contributed by atoms with van der Waals surface area (Å²) in [6.07, 6.45) is 0.355. The Kier molecular flexibility index (Phi) is 4.81. The molecule has 1 unspecified atom stereocenters. The van der Waals surface area contributed by atoms with Crippen LogP contribution in [0.2, 0.25) is 0 Å². The van der Waals surface area contributed by atoms with Crippen molar-refractivity contribution in [1.82, 2.24) is 5.32 Å². The predicted molar refractivity (Wildman–Crippen MR) is 66.3 cm³/mol. The summed E-state index contributed by atoms with van der Waals surface area (Å²) in [6.45, 7) is 3.34. The maximum absolute atomic E-state index is 13.1. The number of carbonyl (C=O) groups excluding carboxylic acids is 2. The van der Waals surface area contributed by atoms with Gasteiger partial charge in [0.05, 0.1) is 6.04 Å². The summed E-state index contributed by atoms with van der Waals surface area (Å²) in [5.41, 5.74) is 0.188. The first-order valence-electron chi connectivity index (χ1n) is 5.23. The number of benzene rings is 1. The summed E-state index contributed by atoms with van der Waals surface area (Å²) in [5.74, 6) is -1.02. The highest BCUT2D eigenvalue weighted by atomic mass is 79.9. The van der Waals surface area contributed by atoms with Gasteiger partial charge in [-0.3, -0.25) is 9.59 Å². The molecule has 1 rings (SSSR count). The molecule has 0 bridgehead atoms. The van der Waals surface area contributed by atoms with Gasteiger partial charge in [-0.1, -0.05) is 22.9 Å². The fourth-order valence-corrected chi connectivity index (χ4v) is 1.82. The van der Waals surface area contributed by atoms with Gasteiger partial charge in [0.2, 0.25) is 0 Å². The van der Waals surface area contributed by atoms with Crippen molar-refractivity contribution in [2.75, 3.05) is 0 Å². The van der Waals surface area contributed by atoms with Crippen LogP contribution < -0.4 is 5.32 Å². The maximum atomic E-state index is 13.1. The van der Waals surface area contributed by atoms with Crippen LogP contribution in [-0.2, 0) is 4.79 Å². The Bertz CT molecular complexity index is 428. The van der Waals surface area contributed by atoms with E-state index in [1.54, 1.807) is 13.8 Å². The highest BCUT2D eigenvalue weighted by Crippen LogP contribution is 2.15. The summed E-state index contributed by atoms with van der Waals surface area (Å²) in [6, 6.07) is 3.33. The van der Waals surface area contributed by atoms with Crippen LogP contribution in [0.4, 0.5) is 4.39 Å². The molecule has 0 aromatic heterocycles. The summed E-state index contributed by atoms with van der Waals surface area (Å²) < 4.78 is 13.6. The third-order valence-electron chi connectivity index (χ3n) is 2.30. The van der Waals surface area contributed by atoms with Gasteiger partial charge in [0.25, 0.3) is 5.91 Å². The van der Waals surface area contributed by atoms with E-state index in [-0.39, 0.29) is 11.3 Å². The van der Waals surface area contributed by atoms with Gasteiger partial charge >= 0.3 is 0 Å². The summed E-state index contributed by atoms with van der Waals surface area (Å²) in [5, 5.41) is 2.53. The molecule has 0 heterocycles. The first-order chi connectivity index (χ1) is 7.93. The van der Waals surface area contributed by atoms with Gasteiger partial charge in [-0.05, 0) is 25.1 Å². The van der Waals surface area contributed by atoms with Crippen molar-refractivity contribution in [2.24, 2.45) is 0 Å². The van der Waals surface area contributed by atoms with Crippen molar-refractivity contribution in [3.05, 3.63) is 34.1 Å². The normalized spacial score (nSPS) is 12.0. The molecule has 92 valence electrons. The predicted octanol–water partition coefficient (Wildman–Crippen LogP) is 2.69. The highest BCUT2D eigenvalue weighted by Gasteiger charge is 2.15. The van der Waals surface area contributed by atoms with Gasteiger partial charge in [-0.25, -0.2) is 4.39 Å². The van der Waals surface area contributed by atoms with E-state index in [4.69, 9.17) is 0 Å². The Hall–Kier alpha value is -1.23. The summed E-state index contributed by atoms with van der Waals surface area (Å²) in [4.78, 5) is 23.0. The van der Waals surface area contributed by atoms with Crippen LogP contribution in [0.3, 0.4) is 0 Å². The number of carbonyl (C=O) groups is 2. The van der Waals surface area contributed by atoms with Crippen LogP contribution in [-0.4, -0.2) is 17.7 Å². The second kappa shape index (κ2) is 5.91. The molecule has 0 aliphatic carbocycles. The molecule has 0 aliphatic rings. The van der Waals surface area contributed by atoms with Crippen LogP contribution in [0.25, 0.3) is 0 Å². The third kappa shape index (κ3) is 3.93. The number of nitrogens with one attached hydrogen (secondary N) is 1. The minimum absolute atomic E-state index is 0.0613. The Balaban J connectivity index is 2.79. The molecule has 0 radical (unpaired) electrons. The Morgan fingerprint density at radius 3 is 2.59 bits per heavy atom. The van der Waals surface area contributed by atoms with Crippen molar-refractivity contribution >= 4 is 27.6 Å². The molecular weight excluding hydrogens is 289 g/mol. The van der Waals surface area contributed by atoms with E-state index in [0.717, 1.165) is 6.07 Å². The molecule has 0 saturated heterocycles. The average Bonchev–Trinajstić information content (AvgIpc) is 2.26. The lowest BCUT2D eigenvalue weighted by atomic mass is 10.1. The molecule has 0 spiro atoms. The number of hydrogen-bond donors (Lipinski definition) is 1. The zero-order valence-corrected chi connectivity index (χ0v) is 11.2. The Morgan fingerprint density at radius 1 is 1.41 bits per heavy atom. The Labute approximate surface area is 108 Å². The van der Waals surface area contributed by atoms with Crippen molar-refractivity contribution in [2.45, 2.75) is 26.3 Å². The lowest BCUT2D eigenvalue weighted by Gasteiger charge is -2.12. The lowest BCUT2D eigenvalue weighted by molar-refractivity contribution is -0.120. The minimum atomic E-state index is -0.561. The SMILES string of the molecule is CCC(=O)C(C)NC(=O)c1cc(F)cc(Br)c1. The van der Waals surface area contributed by atoms with Crippen LogP contribution >= 0.6 is 15.9 Å². The molecule has 1 aromatic carbocycles. The number of Topliss-reactive ketones (excluding diaryl/α,β-unsaturated/α-hetero) is 1. The van der Waals surface area contributed by atoms with Gasteiger partial charge in [-0.2, -0.15) is 0 Å². The summed E-state index contributed by atoms with van der Waals surface area (Å²) >= 11 is 3.10. The molecule has 1 atom stereocenters. The molecule has 3 nitrogen and oxygen atoms in total. The number of amides is 1. The van der Waals surface area contributed by atoms with Gasteiger partial charge in [0.15, 0.2) is 5.78 Å². The van der Waals surface area contributed by atoms with Crippen molar-refractivity contribution in [3.63, 3.8) is 0 Å². The molecule has 5 heteroatoms. The fraction of sp³-hybridized carbons (Fsp3) is 0.333. The molecule has 1 amide bonds. The number of halogens is 2. The van der Waals surface area contributed by atoms with E-state index in [0.29, 0.717) is 10.9 Å². The van der Waals surface area contributed by atoms with E-state index < -0.39 is 17.8 Å². The van der Waals surface area contributed by atoms with E-state index in [1.807, 2.05) is 0 Å². The lowest BCUT2D eigenvalue weighted by Crippen LogP contribution is -2.38. The highest BCUT2D eigenvalue weighted by molar-refractivity contribution is 9.10. The molecule has 0 aliphatic heterocycles. The monoisotopic (exact) mass is 301 g/mol. The molecule has 0 fully saturated rings.